The molecule has 4 rings (SSSR count). The van der Waals surface area contributed by atoms with Crippen molar-refractivity contribution in [2.24, 2.45) is 0 Å². The first-order valence-electron chi connectivity index (χ1n) is 9.30. The maximum absolute atomic E-state index is 12.4. The van der Waals surface area contributed by atoms with Crippen molar-refractivity contribution in [3.05, 3.63) is 58.8 Å². The summed E-state index contributed by atoms with van der Waals surface area (Å²) in [7, 11) is -3.64. The van der Waals surface area contributed by atoms with Gasteiger partial charge in [0.15, 0.2) is 5.82 Å². The highest BCUT2D eigenvalue weighted by atomic mass is 35.5. The van der Waals surface area contributed by atoms with Crippen LogP contribution < -0.4 is 10.5 Å². The van der Waals surface area contributed by atoms with Gasteiger partial charge in [-0.1, -0.05) is 41.4 Å². The van der Waals surface area contributed by atoms with Crippen molar-refractivity contribution in [3.63, 3.8) is 0 Å². The van der Waals surface area contributed by atoms with Gasteiger partial charge in [0.2, 0.25) is 10.0 Å². The Labute approximate surface area is 183 Å². The lowest BCUT2D eigenvalue weighted by Gasteiger charge is -2.09. The van der Waals surface area contributed by atoms with E-state index in [1.165, 1.54) is 18.2 Å². The largest absolute Gasteiger partial charge is 0.382 e. The molecule has 0 bridgehead atoms. The fourth-order valence-corrected chi connectivity index (χ4v) is 4.78. The van der Waals surface area contributed by atoms with E-state index in [1.807, 2.05) is 28.8 Å². The van der Waals surface area contributed by atoms with Crippen LogP contribution in [0.5, 0.6) is 0 Å². The smallest absolute Gasteiger partial charge is 0.240 e. The molecule has 0 saturated carbocycles. The Morgan fingerprint density at radius 2 is 1.87 bits per heavy atom. The Hall–Kier alpha value is -2.39. The van der Waals surface area contributed by atoms with Crippen molar-refractivity contribution in [2.45, 2.75) is 24.3 Å². The molecular formula is C20H19Cl2N5O2S. The number of para-hydroxylation sites is 1. The Kier molecular flexibility index (Phi) is 5.84. The second-order valence-electron chi connectivity index (χ2n) is 6.83. The number of anilines is 1. The summed E-state index contributed by atoms with van der Waals surface area (Å²) in [6.07, 6.45) is 3.15. The third kappa shape index (κ3) is 4.09. The Morgan fingerprint density at radius 1 is 1.07 bits per heavy atom. The summed E-state index contributed by atoms with van der Waals surface area (Å²) < 4.78 is 29.4. The third-order valence-electron chi connectivity index (χ3n) is 4.80. The van der Waals surface area contributed by atoms with Gasteiger partial charge in [-0.3, -0.25) is 0 Å². The number of aryl methyl sites for hydroxylation is 1. The van der Waals surface area contributed by atoms with E-state index in [0.29, 0.717) is 35.9 Å². The van der Waals surface area contributed by atoms with E-state index >= 15 is 0 Å². The molecule has 7 nitrogen and oxygen atoms in total. The quantitative estimate of drug-likeness (QED) is 0.399. The fraction of sp³-hybridized carbons (Fsp3) is 0.200. The van der Waals surface area contributed by atoms with Crippen LogP contribution in [0.15, 0.2) is 53.7 Å². The maximum Gasteiger partial charge on any atom is 0.240 e. The maximum atomic E-state index is 12.4. The number of pyridine rings is 1. The first kappa shape index (κ1) is 20.9. The van der Waals surface area contributed by atoms with Gasteiger partial charge in [0.05, 0.1) is 32.3 Å². The number of sulfonamides is 1. The minimum Gasteiger partial charge on any atom is -0.382 e. The number of aromatic nitrogens is 3. The summed E-state index contributed by atoms with van der Waals surface area (Å²) in [5, 5.41) is 1.50. The zero-order valence-corrected chi connectivity index (χ0v) is 18.2. The summed E-state index contributed by atoms with van der Waals surface area (Å²) in [5.41, 5.74) is 8.49. The van der Waals surface area contributed by atoms with Crippen LogP contribution in [0.1, 0.15) is 12.8 Å². The first-order chi connectivity index (χ1) is 14.4. The molecule has 0 radical (unpaired) electrons. The standard InChI is InChI=1S/C20H19Cl2N5O2S/c21-15-8-7-13(11-16(15)22)30(28,29)25-9-3-4-10-27-12-24-18-19(27)14-5-1-2-6-17(14)26-20(18)23/h1-2,5-8,11-12,25H,3-4,9-10H2,(H2,23,26). The number of unbranched alkanes of at least 4 members (excludes halogenated alkanes) is 1. The summed E-state index contributed by atoms with van der Waals surface area (Å²) in [6.45, 7) is 0.984. The normalized spacial score (nSPS) is 12.1. The van der Waals surface area contributed by atoms with E-state index in [0.717, 1.165) is 22.8 Å². The predicted molar refractivity (Wildman–Crippen MR) is 120 cm³/mol. The Morgan fingerprint density at radius 3 is 2.67 bits per heavy atom. The molecule has 0 aliphatic heterocycles. The number of hydrogen-bond donors (Lipinski definition) is 2. The molecule has 0 atom stereocenters. The van der Waals surface area contributed by atoms with Crippen LogP contribution in [0, 0.1) is 0 Å². The molecular weight excluding hydrogens is 445 g/mol. The van der Waals surface area contributed by atoms with E-state index < -0.39 is 10.0 Å². The van der Waals surface area contributed by atoms with E-state index in [4.69, 9.17) is 28.9 Å². The zero-order valence-electron chi connectivity index (χ0n) is 15.8. The van der Waals surface area contributed by atoms with Crippen molar-refractivity contribution in [2.75, 3.05) is 12.3 Å². The van der Waals surface area contributed by atoms with Crippen molar-refractivity contribution < 1.29 is 8.42 Å². The molecule has 156 valence electrons. The minimum atomic E-state index is -3.64. The number of imidazole rings is 1. The highest BCUT2D eigenvalue weighted by Gasteiger charge is 2.15. The number of rotatable bonds is 7. The lowest BCUT2D eigenvalue weighted by molar-refractivity contribution is 0.568. The number of benzene rings is 2. The Bertz CT molecular complexity index is 1340. The molecule has 0 saturated heterocycles. The van der Waals surface area contributed by atoms with Gasteiger partial charge in [-0.2, -0.15) is 0 Å². The van der Waals surface area contributed by atoms with E-state index in [1.54, 1.807) is 6.33 Å². The van der Waals surface area contributed by atoms with Gasteiger partial charge < -0.3 is 10.3 Å². The van der Waals surface area contributed by atoms with Gasteiger partial charge in [0.1, 0.15) is 5.52 Å². The Balaban J connectivity index is 1.41. The lowest BCUT2D eigenvalue weighted by atomic mass is 10.2. The zero-order chi connectivity index (χ0) is 21.3. The molecule has 0 aliphatic rings. The molecule has 0 spiro atoms. The average molecular weight is 464 g/mol. The van der Waals surface area contributed by atoms with Crippen molar-refractivity contribution in [1.82, 2.24) is 19.3 Å². The van der Waals surface area contributed by atoms with E-state index in [-0.39, 0.29) is 9.92 Å². The molecule has 0 amide bonds. The van der Waals surface area contributed by atoms with Gasteiger partial charge >= 0.3 is 0 Å². The van der Waals surface area contributed by atoms with Crippen molar-refractivity contribution in [3.8, 4) is 0 Å². The molecule has 2 heterocycles. The molecule has 2 aromatic heterocycles. The van der Waals surface area contributed by atoms with Crippen LogP contribution >= 0.6 is 23.2 Å². The SMILES string of the molecule is Nc1nc2ccccc2c2c1ncn2CCCCNS(=O)(=O)c1ccc(Cl)c(Cl)c1. The number of hydrogen-bond acceptors (Lipinski definition) is 5. The summed E-state index contributed by atoms with van der Waals surface area (Å²) >= 11 is 11.8. The molecule has 2 aromatic carbocycles. The van der Waals surface area contributed by atoms with Crippen molar-refractivity contribution >= 4 is 61.0 Å². The highest BCUT2D eigenvalue weighted by Crippen LogP contribution is 2.27. The third-order valence-corrected chi connectivity index (χ3v) is 7.00. The summed E-state index contributed by atoms with van der Waals surface area (Å²) in [6, 6.07) is 12.0. The van der Waals surface area contributed by atoms with Gasteiger partial charge in [-0.15, -0.1) is 0 Å². The molecule has 3 N–H and O–H groups in total. The first-order valence-corrected chi connectivity index (χ1v) is 11.5. The monoisotopic (exact) mass is 463 g/mol. The van der Waals surface area contributed by atoms with Crippen LogP contribution in [0.25, 0.3) is 21.9 Å². The van der Waals surface area contributed by atoms with Crippen LogP contribution in [0.3, 0.4) is 0 Å². The molecule has 30 heavy (non-hydrogen) atoms. The topological polar surface area (TPSA) is 103 Å². The van der Waals surface area contributed by atoms with Gasteiger partial charge in [0, 0.05) is 18.5 Å². The number of nitrogen functional groups attached to an aromatic ring is 1. The van der Waals surface area contributed by atoms with Crippen LogP contribution in [0.2, 0.25) is 10.0 Å². The van der Waals surface area contributed by atoms with Gasteiger partial charge in [0.25, 0.3) is 0 Å². The van der Waals surface area contributed by atoms with E-state index in [2.05, 4.69) is 14.7 Å². The molecule has 10 heteroatoms. The molecule has 4 aromatic rings. The molecule has 0 aliphatic carbocycles. The number of nitrogens with zero attached hydrogens (tertiary/aromatic N) is 3. The molecule has 0 unspecified atom stereocenters. The number of nitrogens with two attached hydrogens (primary N) is 1. The van der Waals surface area contributed by atoms with Crippen molar-refractivity contribution in [1.29, 1.82) is 0 Å². The summed E-state index contributed by atoms with van der Waals surface area (Å²) in [5.74, 6) is 0.400. The van der Waals surface area contributed by atoms with Crippen LogP contribution in [-0.2, 0) is 16.6 Å². The second-order valence-corrected chi connectivity index (χ2v) is 9.41. The molecule has 0 fully saturated rings. The van der Waals surface area contributed by atoms with Crippen LogP contribution in [0.4, 0.5) is 5.82 Å². The van der Waals surface area contributed by atoms with Gasteiger partial charge in [-0.05, 0) is 37.1 Å². The number of nitrogens with one attached hydrogen (secondary N) is 1. The van der Waals surface area contributed by atoms with Crippen LogP contribution in [-0.4, -0.2) is 29.5 Å². The minimum absolute atomic E-state index is 0.0898. The highest BCUT2D eigenvalue weighted by molar-refractivity contribution is 7.89. The summed E-state index contributed by atoms with van der Waals surface area (Å²) in [4.78, 5) is 8.89. The predicted octanol–water partition coefficient (Wildman–Crippen LogP) is 4.23. The number of halogens is 2. The lowest BCUT2D eigenvalue weighted by Crippen LogP contribution is -2.25. The van der Waals surface area contributed by atoms with E-state index in [9.17, 15) is 8.42 Å². The number of fused-ring (bicyclic) bond motifs is 3. The second kappa shape index (κ2) is 8.39. The fourth-order valence-electron chi connectivity index (χ4n) is 3.32. The average Bonchev–Trinajstić information content (AvgIpc) is 3.15. The van der Waals surface area contributed by atoms with Gasteiger partial charge in [-0.25, -0.2) is 23.1 Å².